The zero-order valence-corrected chi connectivity index (χ0v) is 31.1. The molecule has 247 valence electrons. The van der Waals surface area contributed by atoms with E-state index < -0.39 is 13.7 Å². The van der Waals surface area contributed by atoms with Crippen LogP contribution in [-0.2, 0) is 26.5 Å². The standard InChI is InChI=1S/C30H31N2S.C13H12N.Ir/c1-6-10-21-15-16-28-24(17-21)25(18-33-28)30-31-26-13-7-8-14-27(26)32(30)29-22(19(2)3)11-9-12-23(29)20(4)5;1-10-3-6-12(7-4-10)13-8-5-11(2)9-14-13;/h7-9,11-17,19-20H,6,10H2,1-5H3;3-6,8-9H,1-2H3;/q2*-1;/i;1D3,2D3;. The smallest absolute Gasteiger partial charge is 0.0774 e. The number of rotatable bonds is 7. The minimum absolute atomic E-state index is 0. The maximum atomic E-state index is 7.28. The summed E-state index contributed by atoms with van der Waals surface area (Å²) in [5, 5.41) is 4.89. The maximum absolute atomic E-state index is 7.28. The van der Waals surface area contributed by atoms with Gasteiger partial charge >= 0.3 is 0 Å². The van der Waals surface area contributed by atoms with Crippen molar-refractivity contribution in [2.45, 2.75) is 73.0 Å². The van der Waals surface area contributed by atoms with Gasteiger partial charge in [-0.3, -0.25) is 16.3 Å². The van der Waals surface area contributed by atoms with Gasteiger partial charge in [0, 0.05) is 40.2 Å². The van der Waals surface area contributed by atoms with Crippen LogP contribution in [0, 0.1) is 25.2 Å². The third-order valence-corrected chi connectivity index (χ3v) is 9.20. The number of fused-ring (bicyclic) bond motifs is 2. The summed E-state index contributed by atoms with van der Waals surface area (Å²) in [4.78, 5) is 9.27. The Morgan fingerprint density at radius 1 is 0.854 bits per heavy atom. The van der Waals surface area contributed by atoms with Gasteiger partial charge in [-0.15, -0.1) is 46.8 Å². The number of aryl methyl sites for hydroxylation is 3. The summed E-state index contributed by atoms with van der Waals surface area (Å²) in [7, 11) is 0. The van der Waals surface area contributed by atoms with E-state index in [0.29, 0.717) is 23.1 Å². The van der Waals surface area contributed by atoms with Gasteiger partial charge in [-0.2, -0.15) is 0 Å². The molecule has 0 saturated heterocycles. The zero-order chi connectivity index (χ0) is 38.1. The second-order valence-corrected chi connectivity index (χ2v) is 13.3. The van der Waals surface area contributed by atoms with E-state index >= 15 is 0 Å². The van der Waals surface area contributed by atoms with Crippen molar-refractivity contribution >= 4 is 32.5 Å². The van der Waals surface area contributed by atoms with Crippen LogP contribution >= 0.6 is 11.3 Å². The number of pyridine rings is 1. The van der Waals surface area contributed by atoms with Gasteiger partial charge in [0.1, 0.15) is 0 Å². The molecular weight excluding hydrogens is 783 g/mol. The average Bonchev–Trinajstić information content (AvgIpc) is 3.72. The minimum Gasteiger partial charge on any atom is -0.333 e. The SMILES string of the molecule is CCCc1ccc2s[c-]c(-c3nc4ccccc4n3-c3c(C(C)C)cccc3C(C)C)c2c1.[2H]C([2H])([2H])c1c[c-]c(-c2ccc(C([2H])([2H])[2H])cn2)cc1.[Ir]. The molecule has 3 aromatic heterocycles. The molecule has 3 nitrogen and oxygen atoms in total. The van der Waals surface area contributed by atoms with Crippen molar-refractivity contribution in [3.8, 4) is 28.3 Å². The monoisotopic (exact) mass is 832 g/mol. The van der Waals surface area contributed by atoms with Gasteiger partial charge in [0.2, 0.25) is 0 Å². The molecule has 7 aromatic rings. The fraction of sp³-hybridized carbons (Fsp3) is 0.256. The molecule has 1 radical (unpaired) electrons. The average molecular weight is 832 g/mol. The molecule has 0 aliphatic rings. The van der Waals surface area contributed by atoms with Gasteiger partial charge in [-0.05, 0) is 59.6 Å². The molecule has 0 unspecified atom stereocenters. The molecular formula is C43H43IrN3S-2. The first-order chi connectivity index (χ1) is 25.2. The molecule has 3 heterocycles. The Hall–Kier alpha value is -3.89. The van der Waals surface area contributed by atoms with Crippen molar-refractivity contribution in [3.05, 3.63) is 136 Å². The van der Waals surface area contributed by atoms with Crippen LogP contribution in [0.1, 0.15) is 88.9 Å². The van der Waals surface area contributed by atoms with Crippen molar-refractivity contribution in [2.24, 2.45) is 0 Å². The van der Waals surface area contributed by atoms with Gasteiger partial charge in [0.25, 0.3) is 0 Å². The Bertz CT molecular complexity index is 2260. The van der Waals surface area contributed by atoms with Crippen molar-refractivity contribution < 1.29 is 28.3 Å². The van der Waals surface area contributed by atoms with Gasteiger partial charge in [0.15, 0.2) is 0 Å². The largest absolute Gasteiger partial charge is 0.333 e. The molecule has 0 spiro atoms. The van der Waals surface area contributed by atoms with Crippen molar-refractivity contribution in [2.75, 3.05) is 0 Å². The van der Waals surface area contributed by atoms with Crippen LogP contribution in [0.15, 0.2) is 97.2 Å². The first-order valence-corrected chi connectivity index (χ1v) is 17.0. The molecule has 0 saturated carbocycles. The Labute approximate surface area is 311 Å². The van der Waals surface area contributed by atoms with Crippen LogP contribution in [0.2, 0.25) is 0 Å². The predicted octanol–water partition coefficient (Wildman–Crippen LogP) is 12.1. The Morgan fingerprint density at radius 2 is 1.60 bits per heavy atom. The van der Waals surface area contributed by atoms with Crippen LogP contribution in [0.25, 0.3) is 49.5 Å². The number of imidazole rings is 1. The van der Waals surface area contributed by atoms with E-state index in [0.717, 1.165) is 35.3 Å². The number of aromatic nitrogens is 3. The first kappa shape index (κ1) is 28.0. The fourth-order valence-electron chi connectivity index (χ4n) is 5.96. The van der Waals surface area contributed by atoms with Crippen LogP contribution in [0.4, 0.5) is 0 Å². The second-order valence-electron chi connectivity index (χ2n) is 12.4. The summed E-state index contributed by atoms with van der Waals surface area (Å²) < 4.78 is 47.3. The molecule has 0 amide bonds. The summed E-state index contributed by atoms with van der Waals surface area (Å²) in [6.45, 7) is 7.03. The van der Waals surface area contributed by atoms with Crippen molar-refractivity contribution in [1.82, 2.24) is 14.5 Å². The molecule has 0 N–H and O–H groups in total. The van der Waals surface area contributed by atoms with Crippen LogP contribution in [0.3, 0.4) is 0 Å². The summed E-state index contributed by atoms with van der Waals surface area (Å²) >= 11 is 1.69. The maximum Gasteiger partial charge on any atom is 0.0774 e. The zero-order valence-electron chi connectivity index (χ0n) is 33.9. The Morgan fingerprint density at radius 3 is 2.25 bits per heavy atom. The summed E-state index contributed by atoms with van der Waals surface area (Å²) in [5.74, 6) is 1.81. The van der Waals surface area contributed by atoms with Crippen molar-refractivity contribution in [3.63, 3.8) is 0 Å². The van der Waals surface area contributed by atoms with Gasteiger partial charge in [-0.1, -0.05) is 124 Å². The summed E-state index contributed by atoms with van der Waals surface area (Å²) in [5.41, 5.74) is 10.2. The number of hydrogen-bond donors (Lipinski definition) is 0. The number of para-hydroxylation sites is 3. The van der Waals surface area contributed by atoms with E-state index in [4.69, 9.17) is 13.2 Å². The van der Waals surface area contributed by atoms with Crippen LogP contribution < -0.4 is 0 Å². The van der Waals surface area contributed by atoms with Gasteiger partial charge < -0.3 is 9.55 Å². The Kier molecular flexibility index (Phi) is 9.07. The fourth-order valence-corrected chi connectivity index (χ4v) is 6.78. The molecule has 48 heavy (non-hydrogen) atoms. The minimum atomic E-state index is -2.18. The Balaban J connectivity index is 0.000000230. The van der Waals surface area contributed by atoms with Crippen LogP contribution in [0.5, 0.6) is 0 Å². The predicted molar refractivity (Wildman–Crippen MR) is 201 cm³/mol. The molecule has 0 fully saturated rings. The van der Waals surface area contributed by atoms with E-state index in [-0.39, 0.29) is 31.2 Å². The number of benzene rings is 4. The van der Waals surface area contributed by atoms with E-state index in [1.165, 1.54) is 56.9 Å². The normalized spacial score (nSPS) is 13.6. The number of nitrogens with zero attached hydrogens (tertiary/aromatic N) is 3. The quantitative estimate of drug-likeness (QED) is 0.150. The van der Waals surface area contributed by atoms with Gasteiger partial charge in [-0.25, -0.2) is 0 Å². The van der Waals surface area contributed by atoms with Crippen molar-refractivity contribution in [1.29, 1.82) is 0 Å². The third kappa shape index (κ3) is 7.39. The molecule has 5 heteroatoms. The van der Waals surface area contributed by atoms with Gasteiger partial charge in [0.05, 0.1) is 16.9 Å². The molecule has 0 aliphatic heterocycles. The van der Waals surface area contributed by atoms with E-state index in [9.17, 15) is 0 Å². The second kappa shape index (κ2) is 15.6. The molecule has 0 aliphatic carbocycles. The molecule has 0 bridgehead atoms. The molecule has 7 rings (SSSR count). The summed E-state index contributed by atoms with van der Waals surface area (Å²) in [6.07, 6.45) is 3.54. The van der Waals surface area contributed by atoms with E-state index in [1.807, 2.05) is 0 Å². The van der Waals surface area contributed by atoms with E-state index in [1.54, 1.807) is 23.5 Å². The number of thiophene rings is 1. The topological polar surface area (TPSA) is 30.7 Å². The van der Waals surface area contributed by atoms with E-state index in [2.05, 4.69) is 116 Å². The number of hydrogen-bond acceptors (Lipinski definition) is 3. The summed E-state index contributed by atoms with van der Waals surface area (Å²) in [6, 6.07) is 32.6. The molecule has 0 atom stereocenters. The molecule has 4 aromatic carbocycles. The van der Waals surface area contributed by atoms with Crippen LogP contribution in [-0.4, -0.2) is 14.5 Å². The third-order valence-electron chi connectivity index (χ3n) is 8.32. The first-order valence-electron chi connectivity index (χ1n) is 19.2.